The fourth-order valence-electron chi connectivity index (χ4n) is 4.26. The number of urea groups is 1. The van der Waals surface area contributed by atoms with E-state index in [0.29, 0.717) is 29.5 Å². The Morgan fingerprint density at radius 3 is 2.70 bits per heavy atom. The molecular weight excluding hydrogens is 494 g/mol. The first kappa shape index (κ1) is 24.4. The second-order valence-electron chi connectivity index (χ2n) is 8.70. The Bertz CT molecular complexity index is 1520. The molecule has 1 fully saturated rings. The first-order valence-corrected chi connectivity index (χ1v) is 12.2. The highest BCUT2D eigenvalue weighted by atomic mass is 35.5. The summed E-state index contributed by atoms with van der Waals surface area (Å²) in [5, 5.41) is 3.84. The zero-order valence-electron chi connectivity index (χ0n) is 20.1. The van der Waals surface area contributed by atoms with Crippen molar-refractivity contribution in [1.29, 1.82) is 0 Å². The zero-order valence-corrected chi connectivity index (χ0v) is 20.8. The van der Waals surface area contributed by atoms with Gasteiger partial charge in [-0.2, -0.15) is 0 Å². The van der Waals surface area contributed by atoms with Gasteiger partial charge in [0.05, 0.1) is 19.4 Å². The maximum Gasteiger partial charge on any atom is 0.331 e. The Morgan fingerprint density at radius 1 is 1.08 bits per heavy atom. The van der Waals surface area contributed by atoms with Crippen molar-refractivity contribution in [2.24, 2.45) is 0 Å². The van der Waals surface area contributed by atoms with Gasteiger partial charge in [-0.1, -0.05) is 29.8 Å². The summed E-state index contributed by atoms with van der Waals surface area (Å²) in [4.78, 5) is 39.0. The van der Waals surface area contributed by atoms with Gasteiger partial charge in [0, 0.05) is 34.2 Å². The van der Waals surface area contributed by atoms with Crippen molar-refractivity contribution >= 4 is 46.4 Å². The normalized spacial score (nSPS) is 15.0. The molecule has 0 radical (unpaired) electrons. The van der Waals surface area contributed by atoms with Crippen LogP contribution in [0.15, 0.2) is 77.0 Å². The number of nitrogens with one attached hydrogen (secondary N) is 1. The molecule has 2 aromatic carbocycles. The van der Waals surface area contributed by atoms with Crippen LogP contribution >= 0.6 is 11.6 Å². The van der Waals surface area contributed by atoms with Gasteiger partial charge in [-0.05, 0) is 61.4 Å². The van der Waals surface area contributed by atoms with Crippen LogP contribution in [0.4, 0.5) is 4.79 Å². The van der Waals surface area contributed by atoms with Crippen LogP contribution in [-0.4, -0.2) is 33.9 Å². The van der Waals surface area contributed by atoms with E-state index in [1.54, 1.807) is 12.1 Å². The minimum Gasteiger partial charge on any atom is -0.494 e. The lowest BCUT2D eigenvalue weighted by Crippen LogP contribution is -2.53. The molecule has 0 bridgehead atoms. The minimum atomic E-state index is -0.776. The van der Waals surface area contributed by atoms with Crippen LogP contribution in [0.2, 0.25) is 5.02 Å². The number of ether oxygens (including phenoxy) is 1. The fraction of sp³-hybridized carbons (Fsp3) is 0.179. The van der Waals surface area contributed by atoms with Gasteiger partial charge in [0.1, 0.15) is 17.1 Å². The molecule has 37 heavy (non-hydrogen) atoms. The van der Waals surface area contributed by atoms with Gasteiger partial charge in [-0.3, -0.25) is 19.8 Å². The van der Waals surface area contributed by atoms with Crippen molar-refractivity contribution < 1.29 is 23.5 Å². The van der Waals surface area contributed by atoms with Gasteiger partial charge >= 0.3 is 6.03 Å². The quantitative estimate of drug-likeness (QED) is 0.194. The summed E-state index contributed by atoms with van der Waals surface area (Å²) in [5.74, 6) is -0.201. The lowest BCUT2D eigenvalue weighted by molar-refractivity contribution is -0.130. The molecule has 1 N–H and O–H groups in total. The number of hydrogen-bond donors (Lipinski definition) is 1. The molecule has 0 atom stereocenters. The Kier molecular flexibility index (Phi) is 6.83. The van der Waals surface area contributed by atoms with E-state index in [0.717, 1.165) is 33.5 Å². The van der Waals surface area contributed by atoms with Crippen LogP contribution < -0.4 is 10.1 Å². The molecular formula is C28H24ClN3O5. The molecule has 0 unspecified atom stereocenters. The van der Waals surface area contributed by atoms with Crippen molar-refractivity contribution in [3.05, 3.63) is 94.5 Å². The van der Waals surface area contributed by atoms with Crippen LogP contribution in [-0.2, 0) is 22.7 Å². The van der Waals surface area contributed by atoms with Crippen LogP contribution in [0.5, 0.6) is 5.75 Å². The number of carbonyl (C=O) groups excluding carboxylic acids is 3. The third-order valence-electron chi connectivity index (χ3n) is 6.14. The SMILES string of the molecule is Cc1cc(OCCCn2cc(C=C3C(=O)NC(=O)N(Cc4ccco4)C3=O)c3ccccc32)ccc1Cl. The molecule has 0 aliphatic carbocycles. The largest absolute Gasteiger partial charge is 0.494 e. The number of aromatic nitrogens is 1. The molecule has 8 nitrogen and oxygen atoms in total. The van der Waals surface area contributed by atoms with Gasteiger partial charge in [-0.25, -0.2) is 4.79 Å². The molecule has 5 rings (SSSR count). The number of rotatable bonds is 8. The summed E-state index contributed by atoms with van der Waals surface area (Å²) in [6.45, 7) is 3.03. The number of para-hydroxylation sites is 1. The number of carbonyl (C=O) groups is 3. The van der Waals surface area contributed by atoms with Gasteiger partial charge in [-0.15, -0.1) is 0 Å². The summed E-state index contributed by atoms with van der Waals surface area (Å²) in [6, 6.07) is 15.9. The number of halogens is 1. The summed E-state index contributed by atoms with van der Waals surface area (Å²) in [7, 11) is 0. The third kappa shape index (κ3) is 5.15. The van der Waals surface area contributed by atoms with E-state index < -0.39 is 17.8 Å². The topological polar surface area (TPSA) is 93.8 Å². The maximum atomic E-state index is 13.1. The highest BCUT2D eigenvalue weighted by Crippen LogP contribution is 2.26. The summed E-state index contributed by atoms with van der Waals surface area (Å²) < 4.78 is 13.2. The van der Waals surface area contributed by atoms with Crippen LogP contribution in [0.3, 0.4) is 0 Å². The van der Waals surface area contributed by atoms with Crippen LogP contribution in [0, 0.1) is 6.92 Å². The standard InChI is InChI=1S/C28H24ClN3O5/c1-18-14-20(9-10-24(18)29)36-13-5-11-31-16-19(22-7-2-3-8-25(22)31)15-23-26(33)30-28(35)32(27(23)34)17-21-6-4-12-37-21/h2-4,6-10,12,14-16H,5,11,13,17H2,1H3,(H,30,33,35). The number of aryl methyl sites for hydroxylation is 2. The highest BCUT2D eigenvalue weighted by Gasteiger charge is 2.36. The van der Waals surface area contributed by atoms with Gasteiger partial charge < -0.3 is 13.7 Å². The number of nitrogens with zero attached hydrogens (tertiary/aromatic N) is 2. The number of imide groups is 2. The van der Waals surface area contributed by atoms with E-state index in [1.807, 2.05) is 55.6 Å². The summed E-state index contributed by atoms with van der Waals surface area (Å²) in [5.41, 5.74) is 2.51. The van der Waals surface area contributed by atoms with E-state index in [1.165, 1.54) is 12.3 Å². The predicted molar refractivity (Wildman–Crippen MR) is 139 cm³/mol. The van der Waals surface area contributed by atoms with E-state index in [2.05, 4.69) is 9.88 Å². The molecule has 1 aliphatic rings. The average Bonchev–Trinajstić information content (AvgIpc) is 3.52. The Balaban J connectivity index is 1.35. The number of fused-ring (bicyclic) bond motifs is 1. The van der Waals surface area contributed by atoms with Gasteiger partial charge in [0.2, 0.25) is 0 Å². The molecule has 3 heterocycles. The molecule has 1 saturated heterocycles. The maximum absolute atomic E-state index is 13.1. The van der Waals surface area contributed by atoms with E-state index in [9.17, 15) is 14.4 Å². The van der Waals surface area contributed by atoms with Crippen LogP contribution in [0.25, 0.3) is 17.0 Å². The Hall–Kier alpha value is -4.30. The minimum absolute atomic E-state index is 0.0722. The third-order valence-corrected chi connectivity index (χ3v) is 6.56. The van der Waals surface area contributed by atoms with Crippen molar-refractivity contribution in [3.63, 3.8) is 0 Å². The molecule has 0 spiro atoms. The lowest BCUT2D eigenvalue weighted by Gasteiger charge is -2.25. The zero-order chi connectivity index (χ0) is 25.9. The smallest absolute Gasteiger partial charge is 0.331 e. The first-order chi connectivity index (χ1) is 17.9. The average molecular weight is 518 g/mol. The second kappa shape index (κ2) is 10.4. The van der Waals surface area contributed by atoms with Crippen molar-refractivity contribution in [2.75, 3.05) is 6.61 Å². The second-order valence-corrected chi connectivity index (χ2v) is 9.10. The van der Waals surface area contributed by atoms with E-state index >= 15 is 0 Å². The highest BCUT2D eigenvalue weighted by molar-refractivity contribution is 6.31. The van der Waals surface area contributed by atoms with Crippen molar-refractivity contribution in [2.45, 2.75) is 26.4 Å². The number of hydrogen-bond acceptors (Lipinski definition) is 5. The fourth-order valence-corrected chi connectivity index (χ4v) is 4.38. The molecule has 9 heteroatoms. The molecule has 2 aromatic heterocycles. The van der Waals surface area contributed by atoms with Crippen molar-refractivity contribution in [1.82, 2.24) is 14.8 Å². The number of furan rings is 1. The lowest BCUT2D eigenvalue weighted by atomic mass is 10.1. The Morgan fingerprint density at radius 2 is 1.92 bits per heavy atom. The number of barbiturate groups is 1. The predicted octanol–water partition coefficient (Wildman–Crippen LogP) is 5.33. The number of amides is 4. The molecule has 4 amide bonds. The van der Waals surface area contributed by atoms with E-state index in [4.69, 9.17) is 20.8 Å². The Labute approximate surface area is 218 Å². The monoisotopic (exact) mass is 517 g/mol. The summed E-state index contributed by atoms with van der Waals surface area (Å²) in [6.07, 6.45) is 5.63. The first-order valence-electron chi connectivity index (χ1n) is 11.8. The van der Waals surface area contributed by atoms with E-state index in [-0.39, 0.29) is 12.1 Å². The molecule has 4 aromatic rings. The van der Waals surface area contributed by atoms with Crippen LogP contribution in [0.1, 0.15) is 23.3 Å². The molecule has 1 aliphatic heterocycles. The molecule has 0 saturated carbocycles. The van der Waals surface area contributed by atoms with Gasteiger partial charge in [0.25, 0.3) is 11.8 Å². The van der Waals surface area contributed by atoms with Gasteiger partial charge in [0.15, 0.2) is 0 Å². The molecule has 188 valence electrons. The number of benzene rings is 2. The van der Waals surface area contributed by atoms with Crippen molar-refractivity contribution in [3.8, 4) is 5.75 Å². The summed E-state index contributed by atoms with van der Waals surface area (Å²) >= 11 is 6.08.